The first kappa shape index (κ1) is 17.8. The topological polar surface area (TPSA) is 0 Å². The molecule has 3 rings (SSSR count). The van der Waals surface area contributed by atoms with Crippen molar-refractivity contribution in [2.45, 2.75) is 19.8 Å². The lowest BCUT2D eigenvalue weighted by molar-refractivity contribution is 0.497. The van der Waals surface area contributed by atoms with E-state index in [4.69, 9.17) is 0 Å². The third-order valence-electron chi connectivity index (χ3n) is 4.12. The number of halogens is 3. The highest BCUT2D eigenvalue weighted by Crippen LogP contribution is 2.19. The SMILES string of the molecule is C/C=C/CCc1ccc(C#Cc2ccc3cc(F)ccc3c2)c(F)c1F. The van der Waals surface area contributed by atoms with Gasteiger partial charge in [-0.1, -0.05) is 42.2 Å². The Labute approximate surface area is 151 Å². The zero-order chi connectivity index (χ0) is 18.5. The van der Waals surface area contributed by atoms with Crippen LogP contribution < -0.4 is 0 Å². The molecule has 0 atom stereocenters. The van der Waals surface area contributed by atoms with Crippen LogP contribution in [0.3, 0.4) is 0 Å². The Balaban J connectivity index is 1.87. The Morgan fingerprint density at radius 2 is 1.62 bits per heavy atom. The van der Waals surface area contributed by atoms with E-state index < -0.39 is 11.6 Å². The van der Waals surface area contributed by atoms with Crippen LogP contribution in [0, 0.1) is 29.3 Å². The Hall–Kier alpha value is -2.99. The second-order valence-corrected chi connectivity index (χ2v) is 5.96. The largest absolute Gasteiger partial charge is 0.207 e. The highest BCUT2D eigenvalue weighted by Gasteiger charge is 2.11. The third-order valence-corrected chi connectivity index (χ3v) is 4.12. The molecule has 130 valence electrons. The van der Waals surface area contributed by atoms with Crippen LogP contribution in [-0.4, -0.2) is 0 Å². The van der Waals surface area contributed by atoms with Crippen molar-refractivity contribution in [3.63, 3.8) is 0 Å². The summed E-state index contributed by atoms with van der Waals surface area (Å²) in [5.74, 6) is 3.48. The van der Waals surface area contributed by atoms with Crippen molar-refractivity contribution in [3.8, 4) is 11.8 Å². The fourth-order valence-corrected chi connectivity index (χ4v) is 2.72. The van der Waals surface area contributed by atoms with Gasteiger partial charge in [0, 0.05) is 5.56 Å². The molecule has 0 aliphatic carbocycles. The van der Waals surface area contributed by atoms with E-state index in [2.05, 4.69) is 11.8 Å². The van der Waals surface area contributed by atoms with E-state index >= 15 is 0 Å². The van der Waals surface area contributed by atoms with Gasteiger partial charge in [-0.2, -0.15) is 0 Å². The summed E-state index contributed by atoms with van der Waals surface area (Å²) in [5, 5.41) is 1.60. The molecular formula is C23H17F3. The lowest BCUT2D eigenvalue weighted by Crippen LogP contribution is -1.97. The standard InChI is InChI=1S/C23H17F3/c1-2-3-4-5-17-10-11-18(23(26)22(17)25)8-6-16-7-9-20-15-21(24)13-12-19(20)14-16/h2-3,7,9-15H,4-5H2,1H3/b3-2+. The summed E-state index contributed by atoms with van der Waals surface area (Å²) < 4.78 is 41.6. The lowest BCUT2D eigenvalue weighted by Gasteiger charge is -2.04. The maximum Gasteiger partial charge on any atom is 0.174 e. The molecule has 0 radical (unpaired) electrons. The molecule has 26 heavy (non-hydrogen) atoms. The molecular weight excluding hydrogens is 333 g/mol. The van der Waals surface area contributed by atoms with Crippen LogP contribution in [0.25, 0.3) is 10.8 Å². The molecule has 0 amide bonds. The normalized spacial score (nSPS) is 10.9. The number of allylic oxidation sites excluding steroid dienone is 2. The lowest BCUT2D eigenvalue weighted by atomic mass is 10.0. The summed E-state index contributed by atoms with van der Waals surface area (Å²) in [5.41, 5.74) is 1.02. The van der Waals surface area contributed by atoms with E-state index in [0.717, 1.165) is 10.8 Å². The molecule has 3 aromatic rings. The number of hydrogen-bond acceptors (Lipinski definition) is 0. The summed E-state index contributed by atoms with van der Waals surface area (Å²) in [6.07, 6.45) is 4.90. The molecule has 0 bridgehead atoms. The number of benzene rings is 3. The first-order chi connectivity index (χ1) is 12.6. The summed E-state index contributed by atoms with van der Waals surface area (Å²) in [6, 6.07) is 12.8. The summed E-state index contributed by atoms with van der Waals surface area (Å²) in [4.78, 5) is 0. The Bertz CT molecular complexity index is 1040. The van der Waals surface area contributed by atoms with E-state index in [1.807, 2.05) is 19.1 Å². The molecule has 0 saturated carbocycles. The van der Waals surface area contributed by atoms with Gasteiger partial charge in [0.15, 0.2) is 11.6 Å². The van der Waals surface area contributed by atoms with Crippen molar-refractivity contribution < 1.29 is 13.2 Å². The second-order valence-electron chi connectivity index (χ2n) is 5.96. The second kappa shape index (κ2) is 7.93. The van der Waals surface area contributed by atoms with E-state index in [9.17, 15) is 13.2 Å². The van der Waals surface area contributed by atoms with Gasteiger partial charge in [-0.15, -0.1) is 0 Å². The number of hydrogen-bond donors (Lipinski definition) is 0. The molecule has 0 aliphatic rings. The van der Waals surface area contributed by atoms with Gasteiger partial charge in [0.25, 0.3) is 0 Å². The maximum absolute atomic E-state index is 14.2. The van der Waals surface area contributed by atoms with Gasteiger partial charge >= 0.3 is 0 Å². The van der Waals surface area contributed by atoms with Crippen molar-refractivity contribution in [1.29, 1.82) is 0 Å². The quantitative estimate of drug-likeness (QED) is 0.392. The van der Waals surface area contributed by atoms with Crippen LogP contribution in [0.1, 0.15) is 30.0 Å². The van der Waals surface area contributed by atoms with Crippen LogP contribution in [0.4, 0.5) is 13.2 Å². The van der Waals surface area contributed by atoms with Crippen molar-refractivity contribution in [2.24, 2.45) is 0 Å². The van der Waals surface area contributed by atoms with Crippen molar-refractivity contribution in [3.05, 3.63) is 94.8 Å². The predicted octanol–water partition coefficient (Wildman–Crippen LogP) is 6.17. The number of aryl methyl sites for hydroxylation is 1. The first-order valence-corrected chi connectivity index (χ1v) is 8.38. The summed E-state index contributed by atoms with van der Waals surface area (Å²) in [6.45, 7) is 1.89. The zero-order valence-corrected chi connectivity index (χ0v) is 14.3. The average molecular weight is 350 g/mol. The predicted molar refractivity (Wildman–Crippen MR) is 99.4 cm³/mol. The monoisotopic (exact) mass is 350 g/mol. The van der Waals surface area contributed by atoms with Gasteiger partial charge in [0.05, 0.1) is 5.56 Å². The minimum atomic E-state index is -0.918. The highest BCUT2D eigenvalue weighted by atomic mass is 19.2. The van der Waals surface area contributed by atoms with E-state index in [0.29, 0.717) is 24.0 Å². The average Bonchev–Trinajstić information content (AvgIpc) is 2.64. The van der Waals surface area contributed by atoms with E-state index in [-0.39, 0.29) is 11.4 Å². The molecule has 0 aliphatic heterocycles. The van der Waals surface area contributed by atoms with Gasteiger partial charge in [-0.25, -0.2) is 13.2 Å². The van der Waals surface area contributed by atoms with Crippen molar-refractivity contribution >= 4 is 10.8 Å². The molecule has 0 N–H and O–H groups in total. The maximum atomic E-state index is 14.2. The third kappa shape index (κ3) is 3.97. The molecule has 0 heterocycles. The highest BCUT2D eigenvalue weighted by molar-refractivity contribution is 5.83. The van der Waals surface area contributed by atoms with Gasteiger partial charge in [-0.05, 0) is 66.4 Å². The Morgan fingerprint density at radius 3 is 2.42 bits per heavy atom. The Kier molecular flexibility index (Phi) is 5.43. The van der Waals surface area contributed by atoms with Crippen LogP contribution in [-0.2, 0) is 6.42 Å². The smallest absolute Gasteiger partial charge is 0.174 e. The van der Waals surface area contributed by atoms with Gasteiger partial charge in [0.1, 0.15) is 5.82 Å². The molecule has 0 saturated heterocycles. The van der Waals surface area contributed by atoms with Crippen LogP contribution in [0.5, 0.6) is 0 Å². The van der Waals surface area contributed by atoms with Gasteiger partial charge in [-0.3, -0.25) is 0 Å². The van der Waals surface area contributed by atoms with E-state index in [1.165, 1.54) is 18.2 Å². The molecule has 0 spiro atoms. The molecule has 0 unspecified atom stereocenters. The number of rotatable bonds is 3. The summed E-state index contributed by atoms with van der Waals surface area (Å²) >= 11 is 0. The van der Waals surface area contributed by atoms with E-state index in [1.54, 1.807) is 30.3 Å². The van der Waals surface area contributed by atoms with Crippen molar-refractivity contribution in [2.75, 3.05) is 0 Å². The molecule has 3 aromatic carbocycles. The van der Waals surface area contributed by atoms with Gasteiger partial charge in [0.2, 0.25) is 0 Å². The van der Waals surface area contributed by atoms with Crippen LogP contribution >= 0.6 is 0 Å². The van der Waals surface area contributed by atoms with Crippen molar-refractivity contribution in [1.82, 2.24) is 0 Å². The molecule has 0 nitrogen and oxygen atoms in total. The summed E-state index contributed by atoms with van der Waals surface area (Å²) in [7, 11) is 0. The van der Waals surface area contributed by atoms with Gasteiger partial charge < -0.3 is 0 Å². The Morgan fingerprint density at radius 1 is 0.846 bits per heavy atom. The zero-order valence-electron chi connectivity index (χ0n) is 14.3. The van der Waals surface area contributed by atoms with Crippen LogP contribution in [0.2, 0.25) is 0 Å². The van der Waals surface area contributed by atoms with Crippen LogP contribution in [0.15, 0.2) is 60.7 Å². The molecule has 0 fully saturated rings. The fourth-order valence-electron chi connectivity index (χ4n) is 2.72. The minimum absolute atomic E-state index is 0.0245. The molecule has 3 heteroatoms. The fraction of sp³-hybridized carbons (Fsp3) is 0.130. The molecule has 0 aromatic heterocycles. The first-order valence-electron chi connectivity index (χ1n) is 8.38. The minimum Gasteiger partial charge on any atom is -0.207 e. The number of fused-ring (bicyclic) bond motifs is 1.